The van der Waals surface area contributed by atoms with Crippen molar-refractivity contribution in [1.29, 1.82) is 10.5 Å². The van der Waals surface area contributed by atoms with E-state index in [1.807, 2.05) is 36.4 Å². The zero-order valence-corrected chi connectivity index (χ0v) is 25.8. The van der Waals surface area contributed by atoms with Gasteiger partial charge in [0.1, 0.15) is 6.07 Å². The molecule has 2 aromatic heterocycles. The van der Waals surface area contributed by atoms with Crippen LogP contribution in [0, 0.1) is 22.7 Å². The highest BCUT2D eigenvalue weighted by Crippen LogP contribution is 2.38. The van der Waals surface area contributed by atoms with Crippen LogP contribution in [-0.4, -0.2) is 9.13 Å². The van der Waals surface area contributed by atoms with Gasteiger partial charge in [0.25, 0.3) is 0 Å². The minimum absolute atomic E-state index is 0.510. The Morgan fingerprint density at radius 2 is 0.750 bits per heavy atom. The number of hydrogen-bond acceptors (Lipinski definition) is 2. The van der Waals surface area contributed by atoms with Gasteiger partial charge in [-0.25, -0.2) is 0 Å². The largest absolute Gasteiger partial charge is 0.309 e. The van der Waals surface area contributed by atoms with Crippen molar-refractivity contribution < 1.29 is 0 Å². The molecule has 0 atom stereocenters. The van der Waals surface area contributed by atoms with Gasteiger partial charge in [-0.2, -0.15) is 10.5 Å². The maximum Gasteiger partial charge on any atom is 0.101 e. The molecule has 48 heavy (non-hydrogen) atoms. The monoisotopic (exact) mass is 610 g/mol. The van der Waals surface area contributed by atoms with Crippen LogP contribution in [0.1, 0.15) is 11.1 Å². The Balaban J connectivity index is 1.17. The lowest BCUT2D eigenvalue weighted by atomic mass is 9.94. The fraction of sp³-hybridized carbons (Fsp3) is 0. The van der Waals surface area contributed by atoms with Crippen molar-refractivity contribution in [3.05, 3.63) is 169 Å². The molecule has 0 unspecified atom stereocenters. The summed E-state index contributed by atoms with van der Waals surface area (Å²) in [6, 6.07) is 58.8. The molecule has 7 aromatic carbocycles. The molecular formula is C44H26N4. The van der Waals surface area contributed by atoms with E-state index in [0.717, 1.165) is 60.8 Å². The average molecular weight is 611 g/mol. The molecule has 0 amide bonds. The minimum Gasteiger partial charge on any atom is -0.309 e. The fourth-order valence-corrected chi connectivity index (χ4v) is 7.30. The molecule has 222 valence electrons. The summed E-state index contributed by atoms with van der Waals surface area (Å²) in [7, 11) is 0. The zero-order chi connectivity index (χ0) is 32.2. The Hall–Kier alpha value is -6.88. The number of nitriles is 2. The summed E-state index contributed by atoms with van der Waals surface area (Å²) in [6.07, 6.45) is 0. The van der Waals surface area contributed by atoms with Gasteiger partial charge >= 0.3 is 0 Å². The molecule has 0 bridgehead atoms. The molecule has 9 rings (SSSR count). The lowest BCUT2D eigenvalue weighted by Gasteiger charge is -2.15. The number of para-hydroxylation sites is 5. The first-order valence-corrected chi connectivity index (χ1v) is 15.9. The molecule has 9 aromatic rings. The third-order valence-electron chi connectivity index (χ3n) is 9.43. The molecule has 2 heterocycles. The molecule has 4 nitrogen and oxygen atoms in total. The van der Waals surface area contributed by atoms with E-state index in [4.69, 9.17) is 0 Å². The fourth-order valence-electron chi connectivity index (χ4n) is 7.30. The number of fused-ring (bicyclic) bond motifs is 6. The summed E-state index contributed by atoms with van der Waals surface area (Å²) in [5, 5.41) is 25.5. The SMILES string of the molecule is N#Cc1cc(-n2c3ccccc3c3ccccc32)c(C#N)cc1-c1ccc(-c2ccccc2-n2c3ccccc3c3ccccc32)cc1. The van der Waals surface area contributed by atoms with Crippen LogP contribution in [0.15, 0.2) is 158 Å². The van der Waals surface area contributed by atoms with Crippen molar-refractivity contribution in [3.63, 3.8) is 0 Å². The minimum atomic E-state index is 0.510. The summed E-state index contributed by atoms with van der Waals surface area (Å²) >= 11 is 0. The predicted molar refractivity (Wildman–Crippen MR) is 195 cm³/mol. The molecule has 0 aliphatic heterocycles. The third kappa shape index (κ3) is 4.07. The Labute approximate surface area is 277 Å². The smallest absolute Gasteiger partial charge is 0.101 e. The van der Waals surface area contributed by atoms with Crippen LogP contribution in [-0.2, 0) is 0 Å². The molecule has 0 spiro atoms. The van der Waals surface area contributed by atoms with E-state index in [0.29, 0.717) is 16.8 Å². The van der Waals surface area contributed by atoms with E-state index in [-0.39, 0.29) is 0 Å². The first-order valence-electron chi connectivity index (χ1n) is 15.9. The normalized spacial score (nSPS) is 11.3. The van der Waals surface area contributed by atoms with Crippen LogP contribution in [0.2, 0.25) is 0 Å². The zero-order valence-electron chi connectivity index (χ0n) is 25.8. The van der Waals surface area contributed by atoms with Crippen LogP contribution < -0.4 is 0 Å². The van der Waals surface area contributed by atoms with E-state index in [1.165, 1.54) is 10.8 Å². The number of aromatic nitrogens is 2. The molecule has 0 saturated heterocycles. The number of benzene rings is 7. The molecule has 0 radical (unpaired) electrons. The topological polar surface area (TPSA) is 57.4 Å². The highest BCUT2D eigenvalue weighted by molar-refractivity contribution is 6.10. The molecular weight excluding hydrogens is 585 g/mol. The van der Waals surface area contributed by atoms with E-state index < -0.39 is 0 Å². The van der Waals surface area contributed by atoms with Gasteiger partial charge in [0.15, 0.2) is 0 Å². The summed E-state index contributed by atoms with van der Waals surface area (Å²) in [6.45, 7) is 0. The van der Waals surface area contributed by atoms with Crippen LogP contribution in [0.3, 0.4) is 0 Å². The van der Waals surface area contributed by atoms with Gasteiger partial charge in [0, 0.05) is 32.7 Å². The second-order valence-electron chi connectivity index (χ2n) is 12.0. The average Bonchev–Trinajstić information content (AvgIpc) is 3.67. The Morgan fingerprint density at radius 3 is 1.23 bits per heavy atom. The van der Waals surface area contributed by atoms with Crippen LogP contribution in [0.5, 0.6) is 0 Å². The van der Waals surface area contributed by atoms with Gasteiger partial charge in [-0.15, -0.1) is 0 Å². The number of rotatable bonds is 4. The quantitative estimate of drug-likeness (QED) is 0.199. The Kier molecular flexibility index (Phi) is 6.22. The highest BCUT2D eigenvalue weighted by Gasteiger charge is 2.19. The number of hydrogen-bond donors (Lipinski definition) is 0. The molecule has 4 heteroatoms. The summed E-state index contributed by atoms with van der Waals surface area (Å²) in [5.74, 6) is 0. The van der Waals surface area contributed by atoms with Gasteiger partial charge in [0.2, 0.25) is 0 Å². The van der Waals surface area contributed by atoms with Gasteiger partial charge < -0.3 is 9.13 Å². The van der Waals surface area contributed by atoms with Crippen molar-refractivity contribution >= 4 is 43.6 Å². The maximum atomic E-state index is 10.4. The van der Waals surface area contributed by atoms with Crippen LogP contribution in [0.4, 0.5) is 0 Å². The number of nitrogens with zero attached hydrogens (tertiary/aromatic N) is 4. The van der Waals surface area contributed by atoms with Crippen LogP contribution >= 0.6 is 0 Å². The van der Waals surface area contributed by atoms with Gasteiger partial charge in [-0.3, -0.25) is 0 Å². The van der Waals surface area contributed by atoms with Crippen molar-refractivity contribution in [2.75, 3.05) is 0 Å². The molecule has 0 fully saturated rings. The van der Waals surface area contributed by atoms with Crippen molar-refractivity contribution in [2.24, 2.45) is 0 Å². The third-order valence-corrected chi connectivity index (χ3v) is 9.43. The molecule has 0 aliphatic carbocycles. The summed E-state index contributed by atoms with van der Waals surface area (Å²) in [4.78, 5) is 0. The van der Waals surface area contributed by atoms with Crippen molar-refractivity contribution in [3.8, 4) is 45.8 Å². The van der Waals surface area contributed by atoms with E-state index in [2.05, 4.69) is 143 Å². The van der Waals surface area contributed by atoms with Crippen molar-refractivity contribution in [1.82, 2.24) is 9.13 Å². The Bertz CT molecular complexity index is 2690. The van der Waals surface area contributed by atoms with Gasteiger partial charge in [-0.05, 0) is 53.6 Å². The summed E-state index contributed by atoms with van der Waals surface area (Å²) in [5.41, 5.74) is 10.9. The lowest BCUT2D eigenvalue weighted by Crippen LogP contribution is -2.00. The van der Waals surface area contributed by atoms with Gasteiger partial charge in [0.05, 0.1) is 50.6 Å². The first kappa shape index (κ1) is 27.4. The molecule has 0 N–H and O–H groups in total. The maximum absolute atomic E-state index is 10.4. The van der Waals surface area contributed by atoms with E-state index >= 15 is 0 Å². The van der Waals surface area contributed by atoms with Crippen LogP contribution in [0.25, 0.3) is 77.2 Å². The second kappa shape index (κ2) is 10.9. The van der Waals surface area contributed by atoms with E-state index in [9.17, 15) is 10.5 Å². The first-order chi connectivity index (χ1) is 23.7. The predicted octanol–water partition coefficient (Wildman–Crippen LogP) is 11.0. The van der Waals surface area contributed by atoms with Crippen molar-refractivity contribution in [2.45, 2.75) is 0 Å². The van der Waals surface area contributed by atoms with Gasteiger partial charge in [-0.1, -0.05) is 115 Å². The highest BCUT2D eigenvalue weighted by atomic mass is 15.0. The second-order valence-corrected chi connectivity index (χ2v) is 12.0. The summed E-state index contributed by atoms with van der Waals surface area (Å²) < 4.78 is 4.44. The Morgan fingerprint density at radius 1 is 0.354 bits per heavy atom. The lowest BCUT2D eigenvalue weighted by molar-refractivity contribution is 1.16. The molecule has 0 aliphatic rings. The van der Waals surface area contributed by atoms with E-state index in [1.54, 1.807) is 0 Å². The standard InChI is InChI=1S/C44H26N4/c45-27-31-26-44(48-42-19-9-4-14-36(42)37-15-5-10-20-43(37)48)32(28-46)25-38(31)30-23-21-29(22-24-30)33-11-1-6-16-39(33)47-40-17-7-2-12-34(40)35-13-3-8-18-41(35)47/h1-26H. The molecule has 0 saturated carbocycles.